The lowest BCUT2D eigenvalue weighted by Gasteiger charge is -2.16. The fourth-order valence-electron chi connectivity index (χ4n) is 2.84. The summed E-state index contributed by atoms with van der Waals surface area (Å²) in [5, 5.41) is 3.03. The molecule has 0 heterocycles. The van der Waals surface area contributed by atoms with Crippen molar-refractivity contribution in [1.29, 1.82) is 0 Å². The van der Waals surface area contributed by atoms with E-state index in [2.05, 4.69) is 72.7 Å². The van der Waals surface area contributed by atoms with Crippen molar-refractivity contribution in [2.45, 2.75) is 39.2 Å². The van der Waals surface area contributed by atoms with E-state index < -0.39 is 0 Å². The van der Waals surface area contributed by atoms with E-state index in [1.54, 1.807) is 0 Å². The quantitative estimate of drug-likeness (QED) is 0.668. The molecular weight excluding hydrogens is 308 g/mol. The summed E-state index contributed by atoms with van der Waals surface area (Å²) in [6.45, 7) is 4.82. The first-order valence-corrected chi connectivity index (χ1v) is 9.24. The van der Waals surface area contributed by atoms with Crippen LogP contribution >= 0.6 is 0 Å². The molecule has 0 aromatic heterocycles. The Hall–Kier alpha value is -2.13. The molecule has 0 aliphatic rings. The molecule has 3 nitrogen and oxygen atoms in total. The van der Waals surface area contributed by atoms with Crippen LogP contribution in [0.2, 0.25) is 0 Å². The van der Waals surface area contributed by atoms with Crippen LogP contribution in [-0.2, 0) is 24.2 Å². The Morgan fingerprint density at radius 3 is 2.32 bits per heavy atom. The first kappa shape index (κ1) is 19.2. The predicted molar refractivity (Wildman–Crippen MR) is 105 cm³/mol. The summed E-state index contributed by atoms with van der Waals surface area (Å²) in [5.41, 5.74) is 3.89. The number of nitrogens with zero attached hydrogens (tertiary/aromatic N) is 1. The van der Waals surface area contributed by atoms with Crippen LogP contribution in [-0.4, -0.2) is 30.9 Å². The third kappa shape index (κ3) is 7.53. The van der Waals surface area contributed by atoms with Gasteiger partial charge in [-0.1, -0.05) is 61.5 Å². The number of carbonyl (C=O) groups is 1. The Labute approximate surface area is 152 Å². The van der Waals surface area contributed by atoms with Gasteiger partial charge in [0.15, 0.2) is 0 Å². The Balaban J connectivity index is 1.57. The van der Waals surface area contributed by atoms with Gasteiger partial charge in [-0.3, -0.25) is 4.79 Å². The topological polar surface area (TPSA) is 32.3 Å². The highest BCUT2D eigenvalue weighted by molar-refractivity contribution is 5.76. The Morgan fingerprint density at radius 1 is 0.960 bits per heavy atom. The zero-order valence-corrected chi connectivity index (χ0v) is 15.5. The normalized spacial score (nSPS) is 10.8. The molecule has 0 aliphatic carbocycles. The summed E-state index contributed by atoms with van der Waals surface area (Å²) in [4.78, 5) is 14.2. The first-order chi connectivity index (χ1) is 12.2. The summed E-state index contributed by atoms with van der Waals surface area (Å²) >= 11 is 0. The minimum absolute atomic E-state index is 0.144. The molecule has 2 aromatic rings. The standard InChI is InChI=1S/C22H30N2O/c1-3-19-10-12-20(13-11-19)14-15-22(25)23-16-7-17-24(2)18-21-8-5-4-6-9-21/h4-6,8-13H,3,7,14-18H2,1-2H3,(H,23,25). The smallest absolute Gasteiger partial charge is 0.220 e. The van der Waals surface area contributed by atoms with Crippen molar-refractivity contribution in [2.75, 3.05) is 20.1 Å². The van der Waals surface area contributed by atoms with E-state index in [-0.39, 0.29) is 5.91 Å². The average molecular weight is 338 g/mol. The number of hydrogen-bond acceptors (Lipinski definition) is 2. The molecule has 2 rings (SSSR count). The van der Waals surface area contributed by atoms with Gasteiger partial charge in [0.25, 0.3) is 0 Å². The zero-order valence-electron chi connectivity index (χ0n) is 15.5. The Kier molecular flexibility index (Phi) is 8.20. The van der Waals surface area contributed by atoms with E-state index in [1.807, 2.05) is 6.07 Å². The van der Waals surface area contributed by atoms with E-state index in [0.717, 1.165) is 38.9 Å². The van der Waals surface area contributed by atoms with Crippen LogP contribution in [0.3, 0.4) is 0 Å². The molecule has 0 fully saturated rings. The van der Waals surface area contributed by atoms with Gasteiger partial charge in [0.05, 0.1) is 0 Å². The number of rotatable bonds is 10. The molecule has 1 amide bonds. The van der Waals surface area contributed by atoms with Crippen LogP contribution < -0.4 is 5.32 Å². The lowest BCUT2D eigenvalue weighted by molar-refractivity contribution is -0.121. The van der Waals surface area contributed by atoms with Gasteiger partial charge in [0, 0.05) is 19.5 Å². The number of benzene rings is 2. The van der Waals surface area contributed by atoms with Crippen molar-refractivity contribution in [2.24, 2.45) is 0 Å². The molecule has 0 aliphatic heterocycles. The van der Waals surface area contributed by atoms with Crippen molar-refractivity contribution in [3.63, 3.8) is 0 Å². The second-order valence-corrected chi connectivity index (χ2v) is 6.60. The zero-order chi connectivity index (χ0) is 17.9. The lowest BCUT2D eigenvalue weighted by Crippen LogP contribution is -2.28. The molecular formula is C22H30N2O. The Bertz CT molecular complexity index is 622. The molecule has 134 valence electrons. The van der Waals surface area contributed by atoms with Gasteiger partial charge >= 0.3 is 0 Å². The van der Waals surface area contributed by atoms with E-state index in [1.165, 1.54) is 16.7 Å². The lowest BCUT2D eigenvalue weighted by atomic mass is 10.1. The maximum absolute atomic E-state index is 12.0. The minimum Gasteiger partial charge on any atom is -0.356 e. The second kappa shape index (κ2) is 10.7. The monoisotopic (exact) mass is 338 g/mol. The molecule has 0 saturated carbocycles. The van der Waals surface area contributed by atoms with Gasteiger partial charge < -0.3 is 10.2 Å². The Morgan fingerprint density at radius 2 is 1.64 bits per heavy atom. The van der Waals surface area contributed by atoms with E-state index in [0.29, 0.717) is 6.42 Å². The number of nitrogens with one attached hydrogen (secondary N) is 1. The highest BCUT2D eigenvalue weighted by atomic mass is 16.1. The van der Waals surface area contributed by atoms with Gasteiger partial charge in [-0.25, -0.2) is 0 Å². The van der Waals surface area contributed by atoms with E-state index in [4.69, 9.17) is 0 Å². The molecule has 0 bridgehead atoms. The number of aryl methyl sites for hydroxylation is 2. The summed E-state index contributed by atoms with van der Waals surface area (Å²) < 4.78 is 0. The fourth-order valence-corrected chi connectivity index (χ4v) is 2.84. The number of amides is 1. The number of hydrogen-bond donors (Lipinski definition) is 1. The molecule has 25 heavy (non-hydrogen) atoms. The summed E-state index contributed by atoms with van der Waals surface area (Å²) in [5.74, 6) is 0.144. The highest BCUT2D eigenvalue weighted by Gasteiger charge is 2.03. The third-order valence-electron chi connectivity index (χ3n) is 4.41. The van der Waals surface area contributed by atoms with Crippen LogP contribution in [0, 0.1) is 0 Å². The van der Waals surface area contributed by atoms with Crippen molar-refractivity contribution < 1.29 is 4.79 Å². The summed E-state index contributed by atoms with van der Waals surface area (Å²) in [6.07, 6.45) is 3.40. The van der Waals surface area contributed by atoms with Gasteiger partial charge in [-0.15, -0.1) is 0 Å². The molecule has 3 heteroatoms. The van der Waals surface area contributed by atoms with Gasteiger partial charge in [0.2, 0.25) is 5.91 Å². The predicted octanol–water partition coefficient (Wildman–Crippen LogP) is 3.82. The van der Waals surface area contributed by atoms with Crippen LogP contribution in [0.15, 0.2) is 54.6 Å². The van der Waals surface area contributed by atoms with Gasteiger partial charge in [0.1, 0.15) is 0 Å². The van der Waals surface area contributed by atoms with Crippen LogP contribution in [0.25, 0.3) is 0 Å². The van der Waals surface area contributed by atoms with E-state index in [9.17, 15) is 4.79 Å². The van der Waals surface area contributed by atoms with Crippen LogP contribution in [0.4, 0.5) is 0 Å². The molecule has 0 radical (unpaired) electrons. The average Bonchev–Trinajstić information content (AvgIpc) is 2.65. The second-order valence-electron chi connectivity index (χ2n) is 6.60. The largest absolute Gasteiger partial charge is 0.356 e. The molecule has 0 unspecified atom stereocenters. The first-order valence-electron chi connectivity index (χ1n) is 9.24. The summed E-state index contributed by atoms with van der Waals surface area (Å²) in [6, 6.07) is 19.0. The van der Waals surface area contributed by atoms with Gasteiger partial charge in [-0.2, -0.15) is 0 Å². The third-order valence-corrected chi connectivity index (χ3v) is 4.41. The molecule has 0 atom stereocenters. The SMILES string of the molecule is CCc1ccc(CCC(=O)NCCCN(C)Cc2ccccc2)cc1. The van der Waals surface area contributed by atoms with E-state index >= 15 is 0 Å². The van der Waals surface area contributed by atoms with Gasteiger partial charge in [-0.05, 0) is 49.5 Å². The van der Waals surface area contributed by atoms with Crippen molar-refractivity contribution in [3.8, 4) is 0 Å². The molecule has 1 N–H and O–H groups in total. The maximum Gasteiger partial charge on any atom is 0.220 e. The van der Waals surface area contributed by atoms with Crippen molar-refractivity contribution >= 4 is 5.91 Å². The number of carbonyl (C=O) groups excluding carboxylic acids is 1. The van der Waals surface area contributed by atoms with Crippen LogP contribution in [0.5, 0.6) is 0 Å². The fraction of sp³-hybridized carbons (Fsp3) is 0.409. The maximum atomic E-state index is 12.0. The summed E-state index contributed by atoms with van der Waals surface area (Å²) in [7, 11) is 2.12. The minimum atomic E-state index is 0.144. The molecule has 0 spiro atoms. The highest BCUT2D eigenvalue weighted by Crippen LogP contribution is 2.07. The van der Waals surface area contributed by atoms with Crippen molar-refractivity contribution in [1.82, 2.24) is 10.2 Å². The molecule has 0 saturated heterocycles. The van der Waals surface area contributed by atoms with Crippen molar-refractivity contribution in [3.05, 3.63) is 71.3 Å². The molecule has 2 aromatic carbocycles. The van der Waals surface area contributed by atoms with Crippen LogP contribution in [0.1, 0.15) is 36.5 Å².